The lowest BCUT2D eigenvalue weighted by Gasteiger charge is -1.97. The largest absolute Gasteiger partial charge is 0.463 e. The minimum Gasteiger partial charge on any atom is -0.463 e. The van der Waals surface area contributed by atoms with Gasteiger partial charge < -0.3 is 14.2 Å². The average Bonchev–Trinajstić information content (AvgIpc) is 2.56. The van der Waals surface area contributed by atoms with Crippen LogP contribution in [0.25, 0.3) is 0 Å². The Kier molecular flexibility index (Phi) is 24.4. The van der Waals surface area contributed by atoms with Crippen molar-refractivity contribution in [3.05, 3.63) is 38.0 Å². The molecule has 0 aromatic rings. The summed E-state index contributed by atoms with van der Waals surface area (Å²) in [5.74, 6) is -1.05. The number of esters is 3. The molecule has 0 heterocycles. The van der Waals surface area contributed by atoms with Crippen molar-refractivity contribution in [3.8, 4) is 0 Å². The molecular weight excluding hydrogens is 300 g/mol. The molecule has 0 aliphatic rings. The van der Waals surface area contributed by atoms with E-state index in [1.54, 1.807) is 13.8 Å². The summed E-state index contributed by atoms with van der Waals surface area (Å²) in [4.78, 5) is 30.5. The van der Waals surface area contributed by atoms with E-state index in [1.807, 2.05) is 6.92 Å². The zero-order valence-electron chi connectivity index (χ0n) is 14.3. The first-order valence-corrected chi connectivity index (χ1v) is 7.30. The third-order valence-corrected chi connectivity index (χ3v) is 1.82. The van der Waals surface area contributed by atoms with Gasteiger partial charge in [0.05, 0.1) is 19.8 Å². The van der Waals surface area contributed by atoms with Gasteiger partial charge in [-0.05, 0) is 20.3 Å². The third kappa shape index (κ3) is 28.5. The minimum absolute atomic E-state index is 0.330. The molecule has 0 aliphatic heterocycles. The monoisotopic (exact) mass is 328 g/mol. The van der Waals surface area contributed by atoms with Crippen molar-refractivity contribution in [3.63, 3.8) is 0 Å². The fourth-order valence-corrected chi connectivity index (χ4v) is 0.778. The third-order valence-electron chi connectivity index (χ3n) is 1.82. The van der Waals surface area contributed by atoms with Crippen LogP contribution in [-0.4, -0.2) is 37.7 Å². The SMILES string of the molecule is C=CC(=O)OCC.C=CC(=O)OCC.C=CC(=O)OCCCC. The number of ether oxygens (including phenoxy) is 3. The van der Waals surface area contributed by atoms with E-state index < -0.39 is 0 Å². The van der Waals surface area contributed by atoms with Gasteiger partial charge >= 0.3 is 17.9 Å². The number of hydrogen-bond acceptors (Lipinski definition) is 6. The van der Waals surface area contributed by atoms with Crippen molar-refractivity contribution in [2.24, 2.45) is 0 Å². The molecule has 6 nitrogen and oxygen atoms in total. The van der Waals surface area contributed by atoms with Crippen molar-refractivity contribution < 1.29 is 28.6 Å². The average molecular weight is 328 g/mol. The highest BCUT2D eigenvalue weighted by atomic mass is 16.5. The molecule has 0 spiro atoms. The van der Waals surface area contributed by atoms with Crippen molar-refractivity contribution in [1.82, 2.24) is 0 Å². The minimum atomic E-state index is -0.359. The molecule has 0 radical (unpaired) electrons. The molecule has 0 saturated carbocycles. The molecule has 0 bridgehead atoms. The zero-order valence-corrected chi connectivity index (χ0v) is 14.3. The first-order valence-electron chi connectivity index (χ1n) is 7.30. The standard InChI is InChI=1S/C7H12O2.2C5H8O2/c1-3-5-6-9-7(8)4-2;2*1-3-5(6)7-4-2/h4H,2-3,5-6H2,1H3;2*3H,1,4H2,2H3. The summed E-state index contributed by atoms with van der Waals surface area (Å²) in [6, 6.07) is 0. The van der Waals surface area contributed by atoms with Gasteiger partial charge in [0.1, 0.15) is 0 Å². The second-order valence-corrected chi connectivity index (χ2v) is 3.64. The van der Waals surface area contributed by atoms with Gasteiger partial charge in [0.2, 0.25) is 0 Å². The number of rotatable bonds is 8. The molecule has 6 heteroatoms. The second kappa shape index (κ2) is 21.9. The predicted molar refractivity (Wildman–Crippen MR) is 89.7 cm³/mol. The van der Waals surface area contributed by atoms with E-state index in [1.165, 1.54) is 6.08 Å². The van der Waals surface area contributed by atoms with Crippen LogP contribution in [-0.2, 0) is 28.6 Å². The quantitative estimate of drug-likeness (QED) is 0.295. The molecule has 0 fully saturated rings. The van der Waals surface area contributed by atoms with Crippen LogP contribution in [0.5, 0.6) is 0 Å². The highest BCUT2D eigenvalue weighted by Crippen LogP contribution is 1.88. The van der Waals surface area contributed by atoms with Crippen molar-refractivity contribution in [1.29, 1.82) is 0 Å². The van der Waals surface area contributed by atoms with Gasteiger partial charge in [-0.3, -0.25) is 0 Å². The van der Waals surface area contributed by atoms with E-state index in [0.29, 0.717) is 19.8 Å². The normalized spacial score (nSPS) is 7.96. The molecule has 0 saturated heterocycles. The molecule has 0 N–H and O–H groups in total. The van der Waals surface area contributed by atoms with Crippen LogP contribution < -0.4 is 0 Å². The first-order chi connectivity index (χ1) is 10.9. The summed E-state index contributed by atoms with van der Waals surface area (Å²) in [6.45, 7) is 16.6. The van der Waals surface area contributed by atoms with E-state index in [2.05, 4.69) is 33.9 Å². The molecule has 0 rings (SSSR count). The molecule has 132 valence electrons. The van der Waals surface area contributed by atoms with Gasteiger partial charge in [-0.25, -0.2) is 14.4 Å². The van der Waals surface area contributed by atoms with Crippen molar-refractivity contribution in [2.45, 2.75) is 33.6 Å². The van der Waals surface area contributed by atoms with Crippen LogP contribution in [0.3, 0.4) is 0 Å². The summed E-state index contributed by atoms with van der Waals surface area (Å²) >= 11 is 0. The highest BCUT2D eigenvalue weighted by molar-refractivity contribution is 5.81. The fourth-order valence-electron chi connectivity index (χ4n) is 0.778. The van der Waals surface area contributed by atoms with Crippen LogP contribution in [0.1, 0.15) is 33.6 Å². The number of unbranched alkanes of at least 4 members (excludes halogenated alkanes) is 1. The molecule has 0 aromatic carbocycles. The maximum absolute atomic E-state index is 10.3. The molecule has 0 aromatic heterocycles. The Balaban J connectivity index is -0.000000264. The van der Waals surface area contributed by atoms with E-state index >= 15 is 0 Å². The van der Waals surface area contributed by atoms with E-state index in [9.17, 15) is 14.4 Å². The maximum atomic E-state index is 10.3. The Morgan fingerprint density at radius 2 is 1.09 bits per heavy atom. The van der Waals surface area contributed by atoms with Gasteiger partial charge in [-0.2, -0.15) is 0 Å². The lowest BCUT2D eigenvalue weighted by molar-refractivity contribution is -0.138. The highest BCUT2D eigenvalue weighted by Gasteiger charge is 1.91. The lowest BCUT2D eigenvalue weighted by atomic mass is 10.4. The molecule has 0 aliphatic carbocycles. The fraction of sp³-hybridized carbons (Fsp3) is 0.471. The Morgan fingerprint density at radius 1 is 0.739 bits per heavy atom. The summed E-state index contributed by atoms with van der Waals surface area (Å²) in [5.41, 5.74) is 0. The van der Waals surface area contributed by atoms with E-state index in [-0.39, 0.29) is 17.9 Å². The molecular formula is C17H28O6. The summed E-state index contributed by atoms with van der Waals surface area (Å²) < 4.78 is 13.5. The molecule has 0 amide bonds. The number of hydrogen-bond donors (Lipinski definition) is 0. The smallest absolute Gasteiger partial charge is 0.330 e. The summed E-state index contributed by atoms with van der Waals surface area (Å²) in [5, 5.41) is 0. The lowest BCUT2D eigenvalue weighted by Crippen LogP contribution is -2.00. The second-order valence-electron chi connectivity index (χ2n) is 3.64. The van der Waals surface area contributed by atoms with Crippen molar-refractivity contribution >= 4 is 17.9 Å². The topological polar surface area (TPSA) is 78.9 Å². The molecule has 23 heavy (non-hydrogen) atoms. The van der Waals surface area contributed by atoms with Gasteiger partial charge in [0.25, 0.3) is 0 Å². The van der Waals surface area contributed by atoms with Crippen LogP contribution in [0.15, 0.2) is 38.0 Å². The maximum Gasteiger partial charge on any atom is 0.330 e. The Bertz CT molecular complexity index is 338. The van der Waals surface area contributed by atoms with Gasteiger partial charge in [0, 0.05) is 18.2 Å². The Morgan fingerprint density at radius 3 is 1.30 bits per heavy atom. The van der Waals surface area contributed by atoms with Crippen molar-refractivity contribution in [2.75, 3.05) is 19.8 Å². The summed E-state index contributed by atoms with van der Waals surface area (Å²) in [7, 11) is 0. The van der Waals surface area contributed by atoms with Crippen LogP contribution in [0, 0.1) is 0 Å². The predicted octanol–water partition coefficient (Wildman–Crippen LogP) is 2.99. The Hall–Kier alpha value is -2.37. The number of carbonyl (C=O) groups is 3. The molecule has 0 atom stereocenters. The number of carbonyl (C=O) groups excluding carboxylic acids is 3. The zero-order chi connectivity index (χ0) is 18.5. The Labute approximate surface area is 138 Å². The van der Waals surface area contributed by atoms with Gasteiger partial charge in [-0.1, -0.05) is 33.1 Å². The van der Waals surface area contributed by atoms with Gasteiger partial charge in [0.15, 0.2) is 0 Å². The molecule has 0 unspecified atom stereocenters. The van der Waals surface area contributed by atoms with E-state index in [0.717, 1.165) is 25.0 Å². The van der Waals surface area contributed by atoms with Crippen LogP contribution >= 0.6 is 0 Å². The van der Waals surface area contributed by atoms with Crippen LogP contribution in [0.2, 0.25) is 0 Å². The van der Waals surface area contributed by atoms with E-state index in [4.69, 9.17) is 0 Å². The summed E-state index contributed by atoms with van der Waals surface area (Å²) in [6.07, 6.45) is 5.44. The first kappa shape index (κ1) is 25.6. The van der Waals surface area contributed by atoms with Gasteiger partial charge in [-0.15, -0.1) is 0 Å². The van der Waals surface area contributed by atoms with Crippen LogP contribution in [0.4, 0.5) is 0 Å².